The van der Waals surface area contributed by atoms with Crippen LogP contribution in [0.5, 0.6) is 0 Å². The van der Waals surface area contributed by atoms with E-state index in [0.717, 1.165) is 25.8 Å². The molecule has 0 aliphatic heterocycles. The summed E-state index contributed by atoms with van der Waals surface area (Å²) >= 11 is 0. The molecule has 1 aliphatic rings. The third kappa shape index (κ3) is 113. The molecule has 0 aromatic carbocycles. The van der Waals surface area contributed by atoms with Gasteiger partial charge in [-0.05, 0) is 175 Å². The second-order valence-electron chi connectivity index (χ2n) is 44.1. The highest BCUT2D eigenvalue weighted by molar-refractivity contribution is 7.94. The minimum absolute atomic E-state index is 0.00704. The summed E-state index contributed by atoms with van der Waals surface area (Å²) in [6, 6.07) is 0.222. The monoisotopic (exact) mass is 2090 g/mol. The molecule has 132 heavy (non-hydrogen) atoms. The Labute approximate surface area is 816 Å². The summed E-state index contributed by atoms with van der Waals surface area (Å²) in [4.78, 5) is 33.9. The number of ketones is 2. The molecule has 0 heterocycles. The van der Waals surface area contributed by atoms with Crippen molar-refractivity contribution in [1.82, 2.24) is 25.4 Å². The highest BCUT2D eigenvalue weighted by atomic mass is 32.2. The van der Waals surface area contributed by atoms with Gasteiger partial charge in [-0.25, -0.2) is 93.6 Å². The molecule has 0 aromatic rings. The Bertz CT molecular complexity index is 4150. The Morgan fingerprint density at radius 1 is 0.341 bits per heavy atom. The van der Waals surface area contributed by atoms with E-state index < -0.39 is 98.7 Å². The first-order valence-corrected chi connectivity index (χ1v) is 65.1. The van der Waals surface area contributed by atoms with E-state index >= 15 is 0 Å². The van der Waals surface area contributed by atoms with Crippen molar-refractivity contribution in [3.63, 3.8) is 0 Å². The van der Waals surface area contributed by atoms with E-state index in [-0.39, 0.29) is 162 Å². The average Bonchev–Trinajstić information content (AvgIpc) is 1.66. The summed E-state index contributed by atoms with van der Waals surface area (Å²) in [6.45, 7) is 87.1. The molecule has 1 amide bonds. The molecule has 38 heteroatoms. The molecule has 5 N–H and O–H groups in total. The number of rotatable bonds is 48. The largest absolute Gasteiger partial charge is 0.342 e. The number of nitrogens with one attached hydrogen (secondary N) is 5. The predicted molar refractivity (Wildman–Crippen MR) is 565 cm³/mol. The highest BCUT2D eigenvalue weighted by Gasteiger charge is 2.44. The molecule has 2 unspecified atom stereocenters. The lowest BCUT2D eigenvalue weighted by Gasteiger charge is -2.11. The third-order valence-electron chi connectivity index (χ3n) is 16.4. The molecule has 1 aliphatic carbocycles. The van der Waals surface area contributed by atoms with Gasteiger partial charge in [0.25, 0.3) is 0 Å². The molecule has 2 atom stereocenters. The maximum atomic E-state index is 11.5. The van der Waals surface area contributed by atoms with Crippen LogP contribution in [0.3, 0.4) is 0 Å². The number of allylic oxidation sites excluding steroid dienone is 1. The number of hydrogen-bond acceptors (Lipinski definition) is 25. The van der Waals surface area contributed by atoms with Gasteiger partial charge in [0.1, 0.15) is 23.2 Å². The summed E-state index contributed by atoms with van der Waals surface area (Å²) in [5, 5.41) is 8.69. The fraction of sp³-hybridized carbons (Fsp3) is 0.947. The minimum Gasteiger partial charge on any atom is -0.342 e. The van der Waals surface area contributed by atoms with Crippen molar-refractivity contribution < 1.29 is 98.6 Å². The summed E-state index contributed by atoms with van der Waals surface area (Å²) in [5.41, 5.74) is -0.0654. The number of sulfone groups is 8. The lowest BCUT2D eigenvalue weighted by Crippen LogP contribution is -2.35. The fourth-order valence-corrected chi connectivity index (χ4v) is 26.1. The van der Waals surface area contributed by atoms with Gasteiger partial charge >= 0.3 is 0 Å². The topological polar surface area (TPSA) is 453 Å². The van der Waals surface area contributed by atoms with E-state index in [1.807, 2.05) is 201 Å². The van der Waals surface area contributed by atoms with Crippen LogP contribution in [0.2, 0.25) is 0 Å². The molecule has 1 fully saturated rings. The van der Waals surface area contributed by atoms with Gasteiger partial charge in [-0.1, -0.05) is 262 Å². The Hall–Kier alpha value is -2.11. The molecule has 0 radical (unpaired) electrons. The predicted octanol–water partition coefficient (Wildman–Crippen LogP) is 17.2. The van der Waals surface area contributed by atoms with Gasteiger partial charge in [0.15, 0.2) is 78.7 Å². The van der Waals surface area contributed by atoms with Crippen molar-refractivity contribution in [3.05, 3.63) is 11.5 Å². The smallest absolute Gasteiger partial charge is 0.223 e. The molecule has 804 valence electrons. The standard InChI is InChI=1S/C11H20O.C10H20O3S.C10H20O2S.C9H19NO3S.C9H21NO2S.C9H20O2S.C8H19NO2S.C8H18O2S.C7H17NO2S.C7H16O2S.C6H15NO2S/c1-7(2)5-11(12)10-6-9(10)8(3)4;1-8(2)5-10(11)7-14(12,13)6-9(3)4;1-9(2)8-13(11,12)7-6-10(3,4)5;1-7(2)5-14(12,13)6-10-9(11)8(3)4;1-8(2)5-10-7-13(11,12)6-9(3)4;1-8(2)5-6-12(10,11)7-9(3)4;1-7(2)5-12(10,11)6-9-8(3)4;1-7(2)5-11(9,10)6-8(3)4;1-6(2)5-8-11(9,10)7(3)4;1-6(2)5-10(8,9)7(3)4;1-5(2)7-10(8,9)6(3)4/h7-10H,5-6H2,1-4H3;8-9H,5-7H2,1-4H3;6-7,9H,8H2,1-5H3;7-8H,5-6H2,1-4H3,(H,10,11);8-10H,5-7H2,1-4H3;8-9H,5-7H2,1-4H3;7-9H,5-6H2,1-4H3;7-8H,5-6H2,1-4H3;6-8H,5H2,1-4H3;6-7H,5H2,1-4H3;5-7H,1-4H3/b;;7-6+;;;;;;;;. The van der Waals surface area contributed by atoms with E-state index in [1.54, 1.807) is 75.3 Å². The molecule has 0 spiro atoms. The first-order valence-electron chi connectivity index (χ1n) is 47.6. The van der Waals surface area contributed by atoms with Crippen LogP contribution < -0.4 is 25.4 Å². The molecule has 1 saturated carbocycles. The maximum absolute atomic E-state index is 11.5. The van der Waals surface area contributed by atoms with E-state index in [2.05, 4.69) is 66.9 Å². The molecule has 28 nitrogen and oxygen atoms in total. The van der Waals surface area contributed by atoms with Crippen molar-refractivity contribution in [2.75, 3.05) is 94.0 Å². The zero-order chi connectivity index (χ0) is 108. The van der Waals surface area contributed by atoms with Crippen molar-refractivity contribution in [2.24, 2.45) is 112 Å². The van der Waals surface area contributed by atoms with Crippen molar-refractivity contribution >= 4 is 116 Å². The van der Waals surface area contributed by atoms with Gasteiger partial charge in [0.2, 0.25) is 26.0 Å². The van der Waals surface area contributed by atoms with Gasteiger partial charge in [-0.15, -0.1) is 0 Å². The molecular formula is C94H205N5O23S10. The van der Waals surface area contributed by atoms with Crippen LogP contribution in [0.4, 0.5) is 0 Å². The Morgan fingerprint density at radius 3 is 0.955 bits per heavy atom. The number of Topliss-reactive ketones (excluding diaryl/α,β-unsaturated/α-hetero) is 2. The lowest BCUT2D eigenvalue weighted by atomic mass is 9.98. The van der Waals surface area contributed by atoms with Gasteiger partial charge in [-0.3, -0.25) is 14.4 Å². The zero-order valence-electron chi connectivity index (χ0n) is 91.5. The summed E-state index contributed by atoms with van der Waals surface area (Å²) < 4.78 is 230. The number of carbonyl (C=O) groups is 3. The van der Waals surface area contributed by atoms with Crippen LogP contribution in [0.15, 0.2) is 11.5 Å². The quantitative estimate of drug-likeness (QED) is 0.0378. The van der Waals surface area contributed by atoms with Crippen LogP contribution in [0.25, 0.3) is 0 Å². The van der Waals surface area contributed by atoms with Crippen LogP contribution in [-0.2, 0) is 113 Å². The SMILES string of the molecule is CC(C)CC(=O)C1CC1C(C)C.CC(C)CC(=O)CS(=O)(=O)CC(C)C.CC(C)CCS(=O)(=O)CC(C)C.CC(C)CNCS(=O)(=O)CC(C)C.CC(C)CNS(=O)(=O)C(C)C.CC(C)CS(=O)(=O)/C=C/C(C)(C)C.CC(C)CS(=O)(=O)C(C)C.CC(C)CS(=O)(=O)CC(C)C.CC(C)CS(=O)(=O)CNC(=O)C(C)C.CC(C)CS(=O)(=O)CNC(C)C.CC(C)NS(=O)(=O)C(C)C. The molecule has 0 bridgehead atoms. The van der Waals surface area contributed by atoms with E-state index in [0.29, 0.717) is 88.9 Å². The van der Waals surface area contributed by atoms with Crippen molar-refractivity contribution in [1.29, 1.82) is 0 Å². The second-order valence-corrected chi connectivity index (χ2v) is 66.0. The Morgan fingerprint density at radius 2 is 0.682 bits per heavy atom. The fourth-order valence-electron chi connectivity index (χ4n) is 10.6. The average molecular weight is 2090 g/mol. The van der Waals surface area contributed by atoms with Gasteiger partial charge < -0.3 is 16.0 Å². The minimum atomic E-state index is -3.18. The summed E-state index contributed by atoms with van der Waals surface area (Å²) in [5.74, 6) is 7.99. The number of sulfonamides is 2. The Kier molecular flexibility index (Phi) is 84.1. The van der Waals surface area contributed by atoms with Crippen molar-refractivity contribution in [2.45, 2.75) is 365 Å². The van der Waals surface area contributed by atoms with E-state index in [1.165, 1.54) is 5.41 Å². The summed E-state index contributed by atoms with van der Waals surface area (Å²) in [7, 11) is -29.5. The number of amides is 1. The van der Waals surface area contributed by atoms with E-state index in [9.17, 15) is 98.6 Å². The van der Waals surface area contributed by atoms with Gasteiger partial charge in [0, 0.05) is 48.7 Å². The Balaban J connectivity index is -0.000000155. The van der Waals surface area contributed by atoms with Gasteiger partial charge in [-0.2, -0.15) is 0 Å². The third-order valence-corrected chi connectivity index (χ3v) is 36.2. The number of hydrogen-bond donors (Lipinski definition) is 5. The maximum Gasteiger partial charge on any atom is 0.223 e. The second kappa shape index (κ2) is 73.9. The van der Waals surface area contributed by atoms with Crippen LogP contribution in [-0.4, -0.2) is 223 Å². The van der Waals surface area contributed by atoms with Crippen molar-refractivity contribution in [3.8, 4) is 0 Å². The summed E-state index contributed by atoms with van der Waals surface area (Å²) in [6.07, 6.45) is 4.83. The highest BCUT2D eigenvalue weighted by Crippen LogP contribution is 2.45. The molecule has 0 saturated heterocycles. The van der Waals surface area contributed by atoms with E-state index in [4.69, 9.17) is 0 Å². The van der Waals surface area contributed by atoms with Crippen LogP contribution in [0, 0.1) is 112 Å². The molecular weight excluding hydrogens is 1890 g/mol. The first kappa shape index (κ1) is 150. The van der Waals surface area contributed by atoms with Crippen LogP contribution in [0.1, 0.15) is 337 Å². The lowest BCUT2D eigenvalue weighted by molar-refractivity contribution is -0.123. The van der Waals surface area contributed by atoms with Gasteiger partial charge in [0.05, 0.1) is 85.0 Å². The normalized spacial score (nSPS) is 14.3. The molecule has 1 rings (SSSR count). The zero-order valence-corrected chi connectivity index (χ0v) is 99.7. The number of carbonyl (C=O) groups excluding carboxylic acids is 3. The first-order chi connectivity index (χ1) is 58.5. The molecule has 0 aromatic heterocycles. The van der Waals surface area contributed by atoms with Crippen LogP contribution >= 0.6 is 0 Å².